The average Bonchev–Trinajstić information content (AvgIpc) is 2.38. The van der Waals surface area contributed by atoms with E-state index in [-0.39, 0.29) is 0 Å². The third-order valence-electron chi connectivity index (χ3n) is 3.76. The molecule has 0 saturated carbocycles. The molecule has 0 aliphatic heterocycles. The summed E-state index contributed by atoms with van der Waals surface area (Å²) in [5, 5.41) is 3.79. The second-order valence-corrected chi connectivity index (χ2v) is 6.19. The summed E-state index contributed by atoms with van der Waals surface area (Å²) in [6.45, 7) is 9.22. The van der Waals surface area contributed by atoms with Gasteiger partial charge in [-0.1, -0.05) is 63.9 Å². The zero-order valence-corrected chi connectivity index (χ0v) is 13.2. The topological polar surface area (TPSA) is 12.0 Å². The first kappa shape index (κ1) is 16.2. The van der Waals surface area contributed by atoms with E-state index in [9.17, 15) is 0 Å². The van der Waals surface area contributed by atoms with E-state index in [0.29, 0.717) is 12.1 Å². The second-order valence-electron chi connectivity index (χ2n) is 6.19. The molecule has 1 N–H and O–H groups in total. The summed E-state index contributed by atoms with van der Waals surface area (Å²) < 4.78 is 0. The number of benzene rings is 1. The predicted molar refractivity (Wildman–Crippen MR) is 85.5 cm³/mol. The lowest BCUT2D eigenvalue weighted by molar-refractivity contribution is 0.395. The van der Waals surface area contributed by atoms with E-state index in [0.717, 1.165) is 12.3 Å². The van der Waals surface area contributed by atoms with Gasteiger partial charge in [-0.15, -0.1) is 0 Å². The summed E-state index contributed by atoms with van der Waals surface area (Å²) in [6, 6.07) is 12.1. The molecule has 0 aliphatic rings. The minimum absolute atomic E-state index is 0.608. The Morgan fingerprint density at radius 3 is 2.26 bits per heavy atom. The molecule has 0 spiro atoms. The fraction of sp³-hybridized carbons (Fsp3) is 0.667. The van der Waals surface area contributed by atoms with Crippen molar-refractivity contribution in [3.8, 4) is 0 Å². The van der Waals surface area contributed by atoms with Crippen molar-refractivity contribution in [2.24, 2.45) is 5.92 Å². The minimum atomic E-state index is 0.608. The molecule has 19 heavy (non-hydrogen) atoms. The Labute approximate surface area is 119 Å². The van der Waals surface area contributed by atoms with Crippen LogP contribution in [0.3, 0.4) is 0 Å². The normalized spacial score (nSPS) is 14.6. The summed E-state index contributed by atoms with van der Waals surface area (Å²) in [4.78, 5) is 0. The van der Waals surface area contributed by atoms with Gasteiger partial charge in [-0.25, -0.2) is 0 Å². The van der Waals surface area contributed by atoms with Gasteiger partial charge in [0.05, 0.1) is 0 Å². The Morgan fingerprint density at radius 1 is 1.00 bits per heavy atom. The molecular formula is C18H31N. The van der Waals surface area contributed by atoms with Gasteiger partial charge < -0.3 is 5.32 Å². The summed E-state index contributed by atoms with van der Waals surface area (Å²) in [6.07, 6.45) is 6.33. The fourth-order valence-corrected chi connectivity index (χ4v) is 2.54. The molecule has 0 aliphatic carbocycles. The van der Waals surface area contributed by atoms with E-state index < -0.39 is 0 Å². The van der Waals surface area contributed by atoms with Gasteiger partial charge in [-0.3, -0.25) is 0 Å². The molecule has 0 heterocycles. The minimum Gasteiger partial charge on any atom is -0.311 e. The van der Waals surface area contributed by atoms with Crippen LogP contribution in [-0.2, 0) is 6.42 Å². The lowest BCUT2D eigenvalue weighted by atomic mass is 10.0. The maximum absolute atomic E-state index is 3.79. The third-order valence-corrected chi connectivity index (χ3v) is 3.76. The summed E-state index contributed by atoms with van der Waals surface area (Å²) in [5.74, 6) is 0.832. The Morgan fingerprint density at radius 2 is 1.68 bits per heavy atom. The lowest BCUT2D eigenvalue weighted by Crippen LogP contribution is -2.37. The molecule has 0 amide bonds. The van der Waals surface area contributed by atoms with E-state index in [2.05, 4.69) is 63.3 Å². The monoisotopic (exact) mass is 261 g/mol. The Balaban J connectivity index is 2.31. The molecule has 1 aromatic carbocycles. The van der Waals surface area contributed by atoms with Crippen LogP contribution < -0.4 is 5.32 Å². The quantitative estimate of drug-likeness (QED) is 0.672. The zero-order valence-electron chi connectivity index (χ0n) is 13.2. The number of hydrogen-bond donors (Lipinski definition) is 1. The first-order chi connectivity index (χ1) is 9.11. The van der Waals surface area contributed by atoms with E-state index in [1.54, 1.807) is 0 Å². The third kappa shape index (κ3) is 7.37. The molecule has 2 unspecified atom stereocenters. The van der Waals surface area contributed by atoms with Gasteiger partial charge in [0, 0.05) is 12.1 Å². The lowest BCUT2D eigenvalue weighted by Gasteiger charge is -2.22. The molecule has 108 valence electrons. The van der Waals surface area contributed by atoms with Crippen LogP contribution >= 0.6 is 0 Å². The average molecular weight is 261 g/mol. The second kappa shape index (κ2) is 9.14. The molecule has 1 heteroatoms. The number of nitrogens with one attached hydrogen (secondary N) is 1. The summed E-state index contributed by atoms with van der Waals surface area (Å²) in [5.41, 5.74) is 1.44. The van der Waals surface area contributed by atoms with Crippen LogP contribution in [0.5, 0.6) is 0 Å². The summed E-state index contributed by atoms with van der Waals surface area (Å²) >= 11 is 0. The molecule has 2 atom stereocenters. The molecule has 1 nitrogen and oxygen atoms in total. The standard InChI is InChI=1S/C18H31N/c1-5-18(14-17-12-7-6-8-13-17)19-16(4)11-9-10-15(2)3/h6-8,12-13,15-16,18-19H,5,9-11,14H2,1-4H3. The van der Waals surface area contributed by atoms with E-state index in [1.165, 1.54) is 31.2 Å². The molecule has 1 aromatic rings. The van der Waals surface area contributed by atoms with Gasteiger partial charge in [0.1, 0.15) is 0 Å². The molecule has 1 rings (SSSR count). The SMILES string of the molecule is CCC(Cc1ccccc1)NC(C)CCCC(C)C. The first-order valence-corrected chi connectivity index (χ1v) is 7.91. The van der Waals surface area contributed by atoms with Crippen molar-refractivity contribution in [2.45, 2.75) is 71.9 Å². The maximum Gasteiger partial charge on any atom is 0.0107 e. The Bertz CT molecular complexity index is 318. The van der Waals surface area contributed by atoms with Crippen molar-refractivity contribution in [2.75, 3.05) is 0 Å². The van der Waals surface area contributed by atoms with Crippen LogP contribution in [0.15, 0.2) is 30.3 Å². The van der Waals surface area contributed by atoms with E-state index in [1.807, 2.05) is 0 Å². The first-order valence-electron chi connectivity index (χ1n) is 7.91. The van der Waals surface area contributed by atoms with Crippen LogP contribution in [0, 0.1) is 5.92 Å². The fourth-order valence-electron chi connectivity index (χ4n) is 2.54. The molecule has 0 bridgehead atoms. The van der Waals surface area contributed by atoms with Gasteiger partial charge in [-0.2, -0.15) is 0 Å². The Hall–Kier alpha value is -0.820. The molecule has 0 fully saturated rings. The highest BCUT2D eigenvalue weighted by Crippen LogP contribution is 2.11. The summed E-state index contributed by atoms with van der Waals surface area (Å²) in [7, 11) is 0. The van der Waals surface area contributed by atoms with Gasteiger partial charge in [0.25, 0.3) is 0 Å². The molecule has 0 radical (unpaired) electrons. The predicted octanol–water partition coefficient (Wildman–Crippen LogP) is 4.81. The maximum atomic E-state index is 3.79. The smallest absolute Gasteiger partial charge is 0.0107 e. The molecule has 0 aromatic heterocycles. The van der Waals surface area contributed by atoms with Gasteiger partial charge in [0.2, 0.25) is 0 Å². The van der Waals surface area contributed by atoms with Gasteiger partial charge >= 0.3 is 0 Å². The van der Waals surface area contributed by atoms with E-state index >= 15 is 0 Å². The van der Waals surface area contributed by atoms with E-state index in [4.69, 9.17) is 0 Å². The van der Waals surface area contributed by atoms with Crippen LogP contribution in [0.2, 0.25) is 0 Å². The van der Waals surface area contributed by atoms with Crippen molar-refractivity contribution in [1.82, 2.24) is 5.32 Å². The van der Waals surface area contributed by atoms with Crippen molar-refractivity contribution in [1.29, 1.82) is 0 Å². The van der Waals surface area contributed by atoms with Crippen LogP contribution in [-0.4, -0.2) is 12.1 Å². The van der Waals surface area contributed by atoms with Crippen molar-refractivity contribution in [3.05, 3.63) is 35.9 Å². The van der Waals surface area contributed by atoms with Gasteiger partial charge in [-0.05, 0) is 37.7 Å². The number of hydrogen-bond acceptors (Lipinski definition) is 1. The molecular weight excluding hydrogens is 230 g/mol. The highest BCUT2D eigenvalue weighted by atomic mass is 14.9. The van der Waals surface area contributed by atoms with Crippen LogP contribution in [0.25, 0.3) is 0 Å². The zero-order chi connectivity index (χ0) is 14.1. The van der Waals surface area contributed by atoms with Crippen LogP contribution in [0.4, 0.5) is 0 Å². The van der Waals surface area contributed by atoms with Gasteiger partial charge in [0.15, 0.2) is 0 Å². The van der Waals surface area contributed by atoms with Crippen LogP contribution in [0.1, 0.15) is 58.9 Å². The number of rotatable bonds is 9. The van der Waals surface area contributed by atoms with Crippen molar-refractivity contribution in [3.63, 3.8) is 0 Å². The van der Waals surface area contributed by atoms with Crippen molar-refractivity contribution >= 4 is 0 Å². The largest absolute Gasteiger partial charge is 0.311 e. The highest BCUT2D eigenvalue weighted by Gasteiger charge is 2.11. The van der Waals surface area contributed by atoms with Crippen molar-refractivity contribution < 1.29 is 0 Å². The highest BCUT2D eigenvalue weighted by molar-refractivity contribution is 5.15. The molecule has 0 saturated heterocycles. The Kier molecular flexibility index (Phi) is 7.81.